The van der Waals surface area contributed by atoms with Crippen molar-refractivity contribution in [2.75, 3.05) is 0 Å². The molecule has 0 unspecified atom stereocenters. The summed E-state index contributed by atoms with van der Waals surface area (Å²) in [5, 5.41) is 9.84. The van der Waals surface area contributed by atoms with E-state index in [0.29, 0.717) is 24.3 Å². The maximum Gasteiger partial charge on any atom is 0.334 e. The van der Waals surface area contributed by atoms with Crippen LogP contribution in [-0.2, 0) is 25.9 Å². The van der Waals surface area contributed by atoms with Crippen LogP contribution in [0.15, 0.2) is 52.1 Å². The first-order chi connectivity index (χ1) is 16.2. The molecule has 1 N–H and O–H groups in total. The van der Waals surface area contributed by atoms with Gasteiger partial charge in [-0.05, 0) is 35.4 Å². The van der Waals surface area contributed by atoms with Crippen LogP contribution in [0.25, 0.3) is 0 Å². The average molecular weight is 508 g/mol. The molecule has 0 aliphatic rings. The number of alkyl halides is 4. The largest absolute Gasteiger partial charge is 0.494 e. The molecule has 0 aliphatic carbocycles. The molecule has 0 saturated heterocycles. The molecule has 0 fully saturated rings. The van der Waals surface area contributed by atoms with E-state index in [0.717, 1.165) is 12.1 Å². The van der Waals surface area contributed by atoms with Crippen molar-refractivity contribution >= 4 is 0 Å². The van der Waals surface area contributed by atoms with Gasteiger partial charge >= 0.3 is 5.69 Å². The molecule has 0 saturated carbocycles. The number of hydrogen-bond donors (Lipinski definition) is 1. The van der Waals surface area contributed by atoms with Crippen molar-refractivity contribution in [2.45, 2.75) is 37.8 Å². The monoisotopic (exact) mass is 508 g/mol. The molecule has 1 heterocycles. The van der Waals surface area contributed by atoms with Gasteiger partial charge in [-0.2, -0.15) is 0 Å². The van der Waals surface area contributed by atoms with Crippen LogP contribution in [0, 0.1) is 23.3 Å². The third-order valence-electron chi connectivity index (χ3n) is 4.93. The highest BCUT2D eigenvalue weighted by molar-refractivity contribution is 5.20. The zero-order chi connectivity index (χ0) is 26.1. The van der Waals surface area contributed by atoms with Crippen LogP contribution in [0.2, 0.25) is 0 Å². The first kappa shape index (κ1) is 26.0. The topological polar surface area (TPSA) is 64.2 Å². The lowest BCUT2D eigenvalue weighted by atomic mass is 10.1. The Bertz CT molecular complexity index is 1370. The van der Waals surface area contributed by atoms with Gasteiger partial charge < -0.3 is 5.11 Å². The fraction of sp³-hybridized carbons (Fsp3) is 0.273. The fourth-order valence-electron chi connectivity index (χ4n) is 3.37. The Hall–Kier alpha value is -3.64. The van der Waals surface area contributed by atoms with Crippen molar-refractivity contribution < 1.29 is 40.2 Å². The number of hydrogen-bond acceptors (Lipinski definition) is 3. The van der Waals surface area contributed by atoms with E-state index in [2.05, 4.69) is 0 Å². The summed E-state index contributed by atoms with van der Waals surface area (Å²) in [6.45, 7) is -3.19. The van der Waals surface area contributed by atoms with E-state index >= 15 is 0 Å². The molecule has 13 heteroatoms. The Morgan fingerprint density at radius 1 is 0.657 bits per heavy atom. The minimum Gasteiger partial charge on any atom is -0.494 e. The standard InChI is InChI=1S/C22H16F8N2O3/c23-14-3-1-12(5-16(14)25)8-21(27,28)10-31-18(33)7-19(34)32(20(31)35)11-22(29,30)9-13-2-4-15(24)17(26)6-13/h1-7,33H,8-11H2. The average Bonchev–Trinajstić information content (AvgIpc) is 2.73. The second kappa shape index (κ2) is 9.55. The Morgan fingerprint density at radius 2 is 1.09 bits per heavy atom. The van der Waals surface area contributed by atoms with Crippen molar-refractivity contribution in [2.24, 2.45) is 0 Å². The molecule has 2 aromatic carbocycles. The summed E-state index contributed by atoms with van der Waals surface area (Å²) in [5.74, 6) is -14.3. The summed E-state index contributed by atoms with van der Waals surface area (Å²) < 4.78 is 111. The van der Waals surface area contributed by atoms with Gasteiger partial charge in [0.1, 0.15) is 0 Å². The molecule has 3 aromatic rings. The SMILES string of the molecule is O=c1cc(O)n(CC(F)(F)Cc2ccc(F)c(F)c2)c(=O)n1CC(F)(F)Cc1ccc(F)c(F)c1. The highest BCUT2D eigenvalue weighted by Crippen LogP contribution is 2.25. The third-order valence-corrected chi connectivity index (χ3v) is 4.93. The van der Waals surface area contributed by atoms with Crippen LogP contribution in [-0.4, -0.2) is 26.1 Å². The number of aromatic hydroxyl groups is 1. The number of rotatable bonds is 8. The zero-order valence-corrected chi connectivity index (χ0v) is 17.6. The normalized spacial score (nSPS) is 12.2. The summed E-state index contributed by atoms with van der Waals surface area (Å²) in [5.41, 5.74) is -3.82. The van der Waals surface area contributed by atoms with E-state index in [-0.39, 0.29) is 26.3 Å². The number of aromatic nitrogens is 2. The predicted molar refractivity (Wildman–Crippen MR) is 107 cm³/mol. The molecule has 35 heavy (non-hydrogen) atoms. The molecule has 5 nitrogen and oxygen atoms in total. The van der Waals surface area contributed by atoms with Crippen molar-refractivity contribution in [1.82, 2.24) is 9.13 Å². The minimum atomic E-state index is -3.88. The minimum absolute atomic E-state index is 0.0189. The molecule has 0 bridgehead atoms. The van der Waals surface area contributed by atoms with Crippen LogP contribution < -0.4 is 11.2 Å². The lowest BCUT2D eigenvalue weighted by Crippen LogP contribution is -2.46. The molecule has 0 spiro atoms. The molecule has 3 rings (SSSR count). The van der Waals surface area contributed by atoms with Gasteiger partial charge in [-0.1, -0.05) is 12.1 Å². The van der Waals surface area contributed by atoms with E-state index < -0.39 is 78.2 Å². The van der Waals surface area contributed by atoms with Gasteiger partial charge in [0.05, 0.1) is 19.2 Å². The van der Waals surface area contributed by atoms with Crippen LogP contribution in [0.5, 0.6) is 5.88 Å². The second-order valence-electron chi connectivity index (χ2n) is 7.86. The van der Waals surface area contributed by atoms with E-state index in [1.807, 2.05) is 0 Å². The zero-order valence-electron chi connectivity index (χ0n) is 17.6. The first-order valence-corrected chi connectivity index (χ1v) is 9.85. The lowest BCUT2D eigenvalue weighted by molar-refractivity contribution is -0.0247. The maximum absolute atomic E-state index is 14.5. The van der Waals surface area contributed by atoms with Crippen molar-refractivity contribution in [3.8, 4) is 5.88 Å². The first-order valence-electron chi connectivity index (χ1n) is 9.85. The summed E-state index contributed by atoms with van der Waals surface area (Å²) in [7, 11) is 0. The Labute approximate surface area is 191 Å². The maximum atomic E-state index is 14.5. The quantitative estimate of drug-likeness (QED) is 0.468. The van der Waals surface area contributed by atoms with Crippen molar-refractivity contribution in [3.63, 3.8) is 0 Å². The van der Waals surface area contributed by atoms with Gasteiger partial charge in [-0.25, -0.2) is 39.9 Å². The lowest BCUT2D eigenvalue weighted by Gasteiger charge is -2.21. The van der Waals surface area contributed by atoms with Gasteiger partial charge in [0.2, 0.25) is 5.88 Å². The van der Waals surface area contributed by atoms with Crippen LogP contribution in [0.4, 0.5) is 35.1 Å². The van der Waals surface area contributed by atoms with Gasteiger partial charge in [-0.15, -0.1) is 0 Å². The van der Waals surface area contributed by atoms with Gasteiger partial charge in [0.15, 0.2) is 23.3 Å². The van der Waals surface area contributed by atoms with Crippen LogP contribution >= 0.6 is 0 Å². The summed E-state index contributed by atoms with van der Waals surface area (Å²) in [4.78, 5) is 24.6. The molecule has 0 aliphatic heterocycles. The Kier molecular flexibility index (Phi) is 7.08. The number of nitrogens with zero attached hydrogens (tertiary/aromatic N) is 2. The van der Waals surface area contributed by atoms with Crippen molar-refractivity contribution in [3.05, 3.63) is 97.7 Å². The molecular weight excluding hydrogens is 492 g/mol. The molecule has 1 aromatic heterocycles. The van der Waals surface area contributed by atoms with Crippen LogP contribution in [0.1, 0.15) is 11.1 Å². The number of benzene rings is 2. The molecule has 0 amide bonds. The molecule has 0 atom stereocenters. The summed E-state index contributed by atoms with van der Waals surface area (Å²) in [6.07, 6.45) is -2.43. The Balaban J connectivity index is 1.87. The van der Waals surface area contributed by atoms with E-state index in [9.17, 15) is 49.8 Å². The summed E-state index contributed by atoms with van der Waals surface area (Å²) >= 11 is 0. The van der Waals surface area contributed by atoms with E-state index in [4.69, 9.17) is 0 Å². The molecular formula is C22H16F8N2O3. The predicted octanol–water partition coefficient (Wildman–Crippen LogP) is 4.03. The van der Waals surface area contributed by atoms with Gasteiger partial charge in [-0.3, -0.25) is 13.9 Å². The fourth-order valence-corrected chi connectivity index (χ4v) is 3.37. The Morgan fingerprint density at radius 3 is 1.51 bits per heavy atom. The highest BCUT2D eigenvalue weighted by atomic mass is 19.3. The van der Waals surface area contributed by atoms with E-state index in [1.165, 1.54) is 0 Å². The molecule has 0 radical (unpaired) electrons. The number of halogens is 8. The van der Waals surface area contributed by atoms with Crippen molar-refractivity contribution in [1.29, 1.82) is 0 Å². The second-order valence-corrected chi connectivity index (χ2v) is 7.86. The molecule has 188 valence electrons. The third kappa shape index (κ3) is 6.28. The smallest absolute Gasteiger partial charge is 0.334 e. The van der Waals surface area contributed by atoms with Crippen LogP contribution in [0.3, 0.4) is 0 Å². The van der Waals surface area contributed by atoms with Gasteiger partial charge in [0.25, 0.3) is 17.4 Å². The van der Waals surface area contributed by atoms with Gasteiger partial charge in [0, 0.05) is 12.8 Å². The van der Waals surface area contributed by atoms with E-state index in [1.54, 1.807) is 0 Å². The summed E-state index contributed by atoms with van der Waals surface area (Å²) in [6, 6.07) is 4.24. The highest BCUT2D eigenvalue weighted by Gasteiger charge is 2.35.